The Hall–Kier alpha value is -1.56. The maximum absolute atomic E-state index is 8.57. The van der Waals surface area contributed by atoms with Gasteiger partial charge in [0.2, 0.25) is 0 Å². The highest BCUT2D eigenvalue weighted by Gasteiger charge is 2.08. The van der Waals surface area contributed by atoms with Crippen molar-refractivity contribution in [3.05, 3.63) is 18.0 Å². The van der Waals surface area contributed by atoms with Crippen molar-refractivity contribution < 1.29 is 5.21 Å². The van der Waals surface area contributed by atoms with Gasteiger partial charge in [-0.15, -0.1) is 0 Å². The molecule has 0 aliphatic rings. The number of hydrogen-bond acceptors (Lipinski definition) is 4. The molecule has 0 saturated carbocycles. The van der Waals surface area contributed by atoms with E-state index in [1.807, 2.05) is 17.8 Å². The maximum atomic E-state index is 8.57. The highest BCUT2D eigenvalue weighted by molar-refractivity contribution is 5.81. The Morgan fingerprint density at radius 1 is 1.59 bits per heavy atom. The topological polar surface area (TPSA) is 79.7 Å². The fraction of sp³-hybridized carbons (Fsp3) is 0.636. The van der Waals surface area contributed by atoms with Crippen molar-refractivity contribution in [2.45, 2.75) is 19.8 Å². The van der Waals surface area contributed by atoms with Crippen molar-refractivity contribution in [1.29, 1.82) is 0 Å². The average molecular weight is 239 g/mol. The molecule has 96 valence electrons. The summed E-state index contributed by atoms with van der Waals surface area (Å²) in [7, 11) is 1.93. The predicted molar refractivity (Wildman–Crippen MR) is 67.1 cm³/mol. The normalized spacial score (nSPS) is 12.3. The molecule has 3 N–H and O–H groups in total. The highest BCUT2D eigenvalue weighted by atomic mass is 16.4. The Morgan fingerprint density at radius 3 is 2.88 bits per heavy atom. The molecule has 0 amide bonds. The van der Waals surface area contributed by atoms with Gasteiger partial charge in [0.25, 0.3) is 0 Å². The summed E-state index contributed by atoms with van der Waals surface area (Å²) in [5, 5.41) is 15.7. The molecule has 1 heterocycles. The lowest BCUT2D eigenvalue weighted by Crippen LogP contribution is -2.36. The number of nitrogens with two attached hydrogens (primary N) is 1. The number of rotatable bonds is 7. The lowest BCUT2D eigenvalue weighted by Gasteiger charge is -2.20. The van der Waals surface area contributed by atoms with Crippen molar-refractivity contribution in [3.8, 4) is 0 Å². The number of aromatic nitrogens is 2. The first-order valence-corrected chi connectivity index (χ1v) is 5.83. The summed E-state index contributed by atoms with van der Waals surface area (Å²) >= 11 is 0. The van der Waals surface area contributed by atoms with Gasteiger partial charge < -0.3 is 10.9 Å². The van der Waals surface area contributed by atoms with E-state index in [9.17, 15) is 0 Å². The van der Waals surface area contributed by atoms with Crippen LogP contribution in [0.4, 0.5) is 0 Å². The minimum absolute atomic E-state index is 0.253. The first-order chi connectivity index (χ1) is 8.17. The summed E-state index contributed by atoms with van der Waals surface area (Å²) < 4.78 is 1.87. The van der Waals surface area contributed by atoms with Crippen LogP contribution in [0.5, 0.6) is 0 Å². The number of nitrogens with zero attached hydrogens (tertiary/aromatic N) is 4. The zero-order valence-corrected chi connectivity index (χ0v) is 10.5. The van der Waals surface area contributed by atoms with Crippen LogP contribution in [-0.4, -0.2) is 45.4 Å². The van der Waals surface area contributed by atoms with Crippen molar-refractivity contribution >= 4 is 5.84 Å². The van der Waals surface area contributed by atoms with Crippen molar-refractivity contribution in [2.75, 3.05) is 19.6 Å². The van der Waals surface area contributed by atoms with Crippen molar-refractivity contribution in [2.24, 2.45) is 17.9 Å². The third kappa shape index (κ3) is 4.44. The summed E-state index contributed by atoms with van der Waals surface area (Å²) in [6.07, 6.45) is 3.75. The van der Waals surface area contributed by atoms with E-state index in [-0.39, 0.29) is 5.84 Å². The molecule has 0 radical (unpaired) electrons. The quantitative estimate of drug-likeness (QED) is 0.313. The van der Waals surface area contributed by atoms with Gasteiger partial charge in [0, 0.05) is 31.9 Å². The first-order valence-electron chi connectivity index (χ1n) is 5.83. The molecule has 0 atom stereocenters. The largest absolute Gasteiger partial charge is 0.409 e. The molecule has 0 aromatic carbocycles. The van der Waals surface area contributed by atoms with Crippen LogP contribution < -0.4 is 5.73 Å². The van der Waals surface area contributed by atoms with E-state index in [0.29, 0.717) is 6.54 Å². The monoisotopic (exact) mass is 239 g/mol. The van der Waals surface area contributed by atoms with Crippen molar-refractivity contribution in [3.63, 3.8) is 0 Å². The van der Waals surface area contributed by atoms with Gasteiger partial charge in [-0.05, 0) is 19.0 Å². The van der Waals surface area contributed by atoms with Gasteiger partial charge in [-0.25, -0.2) is 0 Å². The van der Waals surface area contributed by atoms with Crippen LogP contribution in [-0.2, 0) is 13.5 Å². The molecular weight excluding hydrogens is 218 g/mol. The molecule has 6 nitrogen and oxygen atoms in total. The lowest BCUT2D eigenvalue weighted by molar-refractivity contribution is 0.292. The molecule has 1 aromatic heterocycles. The van der Waals surface area contributed by atoms with Gasteiger partial charge in [0.15, 0.2) is 5.84 Å². The van der Waals surface area contributed by atoms with Crippen LogP contribution in [0.15, 0.2) is 17.4 Å². The van der Waals surface area contributed by atoms with E-state index in [4.69, 9.17) is 10.9 Å². The van der Waals surface area contributed by atoms with Gasteiger partial charge in [0.1, 0.15) is 0 Å². The summed E-state index contributed by atoms with van der Waals surface area (Å²) in [5.41, 5.74) is 6.71. The molecule has 6 heteroatoms. The summed E-state index contributed by atoms with van der Waals surface area (Å²) in [5.74, 6) is 0.253. The molecule has 17 heavy (non-hydrogen) atoms. The van der Waals surface area contributed by atoms with E-state index in [1.165, 1.54) is 5.69 Å². The fourth-order valence-electron chi connectivity index (χ4n) is 1.77. The van der Waals surface area contributed by atoms with Crippen LogP contribution in [0.1, 0.15) is 19.0 Å². The maximum Gasteiger partial charge on any atom is 0.153 e. The number of aryl methyl sites for hydroxylation is 1. The van der Waals surface area contributed by atoms with Crippen LogP contribution in [0.25, 0.3) is 0 Å². The average Bonchev–Trinajstić information content (AvgIpc) is 2.72. The van der Waals surface area contributed by atoms with E-state index in [2.05, 4.69) is 22.1 Å². The van der Waals surface area contributed by atoms with Crippen molar-refractivity contribution in [1.82, 2.24) is 14.7 Å². The minimum Gasteiger partial charge on any atom is -0.409 e. The Bertz CT molecular complexity index is 360. The molecule has 0 saturated heterocycles. The molecule has 0 fully saturated rings. The molecular formula is C11H21N5O. The zero-order chi connectivity index (χ0) is 12.7. The molecule has 1 aromatic rings. The van der Waals surface area contributed by atoms with Gasteiger partial charge >= 0.3 is 0 Å². The molecule has 0 spiro atoms. The highest BCUT2D eigenvalue weighted by Crippen LogP contribution is 2.00. The predicted octanol–water partition coefficient (Wildman–Crippen LogP) is 0.421. The van der Waals surface area contributed by atoms with Gasteiger partial charge in [-0.2, -0.15) is 5.10 Å². The Labute approximate surface area is 102 Å². The van der Waals surface area contributed by atoms with Crippen LogP contribution in [0.2, 0.25) is 0 Å². The van der Waals surface area contributed by atoms with Crippen LogP contribution in [0.3, 0.4) is 0 Å². The second kappa shape index (κ2) is 6.90. The summed E-state index contributed by atoms with van der Waals surface area (Å²) in [6, 6.07) is 2.01. The number of hydrogen-bond donors (Lipinski definition) is 2. The van der Waals surface area contributed by atoms with E-state index >= 15 is 0 Å². The number of amidine groups is 1. The third-order valence-corrected chi connectivity index (χ3v) is 2.66. The van der Waals surface area contributed by atoms with E-state index < -0.39 is 0 Å². The molecule has 0 aliphatic carbocycles. The molecule has 0 aliphatic heterocycles. The molecule has 1 rings (SSSR count). The Morgan fingerprint density at radius 2 is 2.35 bits per heavy atom. The van der Waals surface area contributed by atoms with Gasteiger partial charge in [0.05, 0.1) is 6.54 Å². The van der Waals surface area contributed by atoms with E-state index in [1.54, 1.807) is 6.20 Å². The van der Waals surface area contributed by atoms with Crippen LogP contribution >= 0.6 is 0 Å². The van der Waals surface area contributed by atoms with Gasteiger partial charge in [-0.1, -0.05) is 12.1 Å². The summed E-state index contributed by atoms with van der Waals surface area (Å²) in [6.45, 7) is 4.43. The van der Waals surface area contributed by atoms with E-state index in [0.717, 1.165) is 25.9 Å². The first kappa shape index (κ1) is 13.5. The van der Waals surface area contributed by atoms with Gasteiger partial charge in [-0.3, -0.25) is 9.58 Å². The SMILES string of the molecule is CCCN(CCc1ccnn1C)CC(N)=NO. The summed E-state index contributed by atoms with van der Waals surface area (Å²) in [4.78, 5) is 2.17. The number of oxime groups is 1. The second-order valence-electron chi connectivity index (χ2n) is 4.06. The fourth-order valence-corrected chi connectivity index (χ4v) is 1.77. The lowest BCUT2D eigenvalue weighted by atomic mass is 10.2. The Balaban J connectivity index is 2.47. The van der Waals surface area contributed by atoms with Crippen LogP contribution in [0, 0.1) is 0 Å². The standard InChI is InChI=1S/C11H21N5O/c1-3-7-16(9-11(12)14-17)8-5-10-4-6-13-15(10)2/h4,6,17H,3,5,7-9H2,1-2H3,(H2,12,14). The minimum atomic E-state index is 0.253. The molecule has 0 unspecified atom stereocenters. The second-order valence-corrected chi connectivity index (χ2v) is 4.06. The smallest absolute Gasteiger partial charge is 0.153 e. The zero-order valence-electron chi connectivity index (χ0n) is 10.5. The Kier molecular flexibility index (Phi) is 5.48. The molecule has 0 bridgehead atoms. The third-order valence-electron chi connectivity index (χ3n) is 2.66.